The van der Waals surface area contributed by atoms with E-state index in [1.807, 2.05) is 49.6 Å². The molecule has 0 radical (unpaired) electrons. The minimum atomic E-state index is -0.472. The van der Waals surface area contributed by atoms with Gasteiger partial charge in [-0.3, -0.25) is 0 Å². The fourth-order valence-corrected chi connectivity index (χ4v) is 6.63. The van der Waals surface area contributed by atoms with Gasteiger partial charge in [-0.1, -0.05) is 24.3 Å². The molecule has 6 heteroatoms. The fraction of sp³-hybridized carbons (Fsp3) is 0.519. The van der Waals surface area contributed by atoms with Crippen molar-refractivity contribution in [2.24, 2.45) is 0 Å². The summed E-state index contributed by atoms with van der Waals surface area (Å²) in [6.45, 7) is 8.40. The first-order valence-corrected chi connectivity index (χ1v) is 13.0. The van der Waals surface area contributed by atoms with Crippen molar-refractivity contribution in [1.82, 2.24) is 4.90 Å². The molecule has 0 spiro atoms. The monoisotopic (exact) mass is 466 g/mol. The van der Waals surface area contributed by atoms with Crippen LogP contribution >= 0.6 is 11.8 Å². The van der Waals surface area contributed by atoms with Crippen LogP contribution in [-0.2, 0) is 11.2 Å². The van der Waals surface area contributed by atoms with E-state index in [1.54, 1.807) is 7.11 Å². The van der Waals surface area contributed by atoms with Crippen molar-refractivity contribution in [3.63, 3.8) is 0 Å². The van der Waals surface area contributed by atoms with Gasteiger partial charge in [-0.15, -0.1) is 11.8 Å². The summed E-state index contributed by atoms with van der Waals surface area (Å²) in [7, 11) is 1.74. The molecule has 1 fully saturated rings. The lowest BCUT2D eigenvalue weighted by Crippen LogP contribution is -2.49. The Morgan fingerprint density at radius 3 is 2.79 bits per heavy atom. The number of anilines is 1. The Balaban J connectivity index is 1.48. The molecule has 176 valence electrons. The van der Waals surface area contributed by atoms with Crippen molar-refractivity contribution < 1.29 is 14.3 Å². The Morgan fingerprint density at radius 2 is 2.00 bits per heavy atom. The highest BCUT2D eigenvalue weighted by Gasteiger charge is 2.45. The molecule has 1 saturated heterocycles. The normalized spacial score (nSPS) is 21.8. The van der Waals surface area contributed by atoms with Crippen LogP contribution in [0.3, 0.4) is 0 Å². The van der Waals surface area contributed by atoms with E-state index in [2.05, 4.69) is 29.2 Å². The summed E-state index contributed by atoms with van der Waals surface area (Å²) in [5.41, 5.74) is 4.88. The molecule has 33 heavy (non-hydrogen) atoms. The number of para-hydroxylation sites is 1. The average molecular weight is 467 g/mol. The van der Waals surface area contributed by atoms with Crippen molar-refractivity contribution in [3.05, 3.63) is 53.1 Å². The number of methoxy groups -OCH3 is 1. The van der Waals surface area contributed by atoms with Crippen molar-refractivity contribution in [3.8, 4) is 5.75 Å². The molecule has 0 bridgehead atoms. The molecule has 5 nitrogen and oxygen atoms in total. The van der Waals surface area contributed by atoms with Crippen LogP contribution in [0.4, 0.5) is 10.5 Å². The second-order valence-corrected chi connectivity index (χ2v) is 11.4. The number of piperidine rings is 1. The fourth-order valence-electron chi connectivity index (χ4n) is 5.53. The predicted molar refractivity (Wildman–Crippen MR) is 134 cm³/mol. The van der Waals surface area contributed by atoms with Crippen molar-refractivity contribution >= 4 is 23.5 Å². The third kappa shape index (κ3) is 4.42. The van der Waals surface area contributed by atoms with Gasteiger partial charge in [-0.25, -0.2) is 4.79 Å². The molecule has 0 N–H and O–H groups in total. The molecule has 0 aliphatic carbocycles. The highest BCUT2D eigenvalue weighted by molar-refractivity contribution is 7.99. The average Bonchev–Trinajstić information content (AvgIpc) is 2.93. The zero-order chi connectivity index (χ0) is 23.2. The number of carbonyl (C=O) groups is 1. The van der Waals surface area contributed by atoms with E-state index in [0.717, 1.165) is 44.0 Å². The minimum absolute atomic E-state index is 0.187. The number of thioether (sulfide) groups is 1. The zero-order valence-electron chi connectivity index (χ0n) is 20.1. The maximum absolute atomic E-state index is 12.9. The molecule has 2 aromatic rings. The summed E-state index contributed by atoms with van der Waals surface area (Å²) in [6.07, 6.45) is 2.84. The molecule has 0 aromatic heterocycles. The van der Waals surface area contributed by atoms with Crippen molar-refractivity contribution in [2.75, 3.05) is 37.4 Å². The number of ether oxygens (including phenoxy) is 2. The molecule has 1 amide bonds. The van der Waals surface area contributed by atoms with Gasteiger partial charge in [0.05, 0.1) is 12.8 Å². The third-order valence-corrected chi connectivity index (χ3v) is 7.98. The van der Waals surface area contributed by atoms with Crippen LogP contribution in [0.5, 0.6) is 5.75 Å². The van der Waals surface area contributed by atoms with Gasteiger partial charge in [0.1, 0.15) is 11.4 Å². The second kappa shape index (κ2) is 8.79. The number of carbonyl (C=O) groups excluding carboxylic acids is 1. The van der Waals surface area contributed by atoms with Gasteiger partial charge in [0.25, 0.3) is 0 Å². The van der Waals surface area contributed by atoms with E-state index in [0.29, 0.717) is 12.0 Å². The molecule has 2 aromatic carbocycles. The number of amides is 1. The first-order valence-electron chi connectivity index (χ1n) is 12.0. The Hall–Kier alpha value is -2.34. The summed E-state index contributed by atoms with van der Waals surface area (Å²) in [6, 6.07) is 13.5. The van der Waals surface area contributed by atoms with Crippen LogP contribution in [0.2, 0.25) is 0 Å². The van der Waals surface area contributed by atoms with Crippen LogP contribution in [0, 0.1) is 0 Å². The smallest absolute Gasteiger partial charge is 0.410 e. The lowest BCUT2D eigenvalue weighted by molar-refractivity contribution is 0.0189. The number of likely N-dealkylation sites (tertiary alicyclic amines) is 1. The zero-order valence-corrected chi connectivity index (χ0v) is 20.9. The molecule has 3 heterocycles. The first-order chi connectivity index (χ1) is 15.8. The standard InChI is InChI=1S/C27H34N2O3S/c1-27(2,3)32-26(30)28-12-10-22-21(17-28)20-15-18(14-19-8-5-6-9-23(19)31-4)16-24-25(20)29(22)11-7-13-33-24/h5-6,8-9,15-16,21-22H,7,10-14,17H2,1-4H3/t21-,22-/m0/s1. The topological polar surface area (TPSA) is 42.0 Å². The highest BCUT2D eigenvalue weighted by Crippen LogP contribution is 2.51. The Bertz CT molecular complexity index is 1050. The number of hydrogen-bond donors (Lipinski definition) is 0. The molecule has 2 atom stereocenters. The lowest BCUT2D eigenvalue weighted by Gasteiger charge is -2.39. The minimum Gasteiger partial charge on any atom is -0.496 e. The molecule has 3 aliphatic heterocycles. The van der Waals surface area contributed by atoms with Gasteiger partial charge in [0.2, 0.25) is 0 Å². The number of hydrogen-bond acceptors (Lipinski definition) is 5. The van der Waals surface area contributed by atoms with Gasteiger partial charge >= 0.3 is 6.09 Å². The summed E-state index contributed by atoms with van der Waals surface area (Å²) in [4.78, 5) is 18.8. The number of fused-ring (bicyclic) bond motifs is 3. The van der Waals surface area contributed by atoms with Crippen LogP contribution in [-0.4, -0.2) is 55.1 Å². The van der Waals surface area contributed by atoms with Crippen molar-refractivity contribution in [2.45, 2.75) is 62.5 Å². The summed E-state index contributed by atoms with van der Waals surface area (Å²) in [5.74, 6) is 2.42. The maximum atomic E-state index is 12.9. The van der Waals surface area contributed by atoms with Crippen LogP contribution in [0.1, 0.15) is 56.2 Å². The van der Waals surface area contributed by atoms with E-state index in [9.17, 15) is 4.79 Å². The van der Waals surface area contributed by atoms with E-state index in [4.69, 9.17) is 9.47 Å². The predicted octanol–water partition coefficient (Wildman–Crippen LogP) is 5.69. The maximum Gasteiger partial charge on any atom is 0.410 e. The molecule has 0 unspecified atom stereocenters. The van der Waals surface area contributed by atoms with Crippen LogP contribution < -0.4 is 9.64 Å². The van der Waals surface area contributed by atoms with Gasteiger partial charge in [0, 0.05) is 42.9 Å². The molecule has 5 rings (SSSR count). The lowest BCUT2D eigenvalue weighted by atomic mass is 9.88. The van der Waals surface area contributed by atoms with Gasteiger partial charge in [-0.2, -0.15) is 0 Å². The SMILES string of the molecule is COc1ccccc1Cc1cc2c3c(c1)[C@@H]1CN(C(=O)OC(C)(C)C)CC[C@@H]1N3CCCS2. The van der Waals surface area contributed by atoms with Gasteiger partial charge < -0.3 is 19.3 Å². The Labute approximate surface area is 201 Å². The summed E-state index contributed by atoms with van der Waals surface area (Å²) >= 11 is 1.98. The van der Waals surface area contributed by atoms with Crippen molar-refractivity contribution in [1.29, 1.82) is 0 Å². The number of rotatable bonds is 3. The molecular formula is C27H34N2O3S. The largest absolute Gasteiger partial charge is 0.496 e. The second-order valence-electron chi connectivity index (χ2n) is 10.3. The van der Waals surface area contributed by atoms with Crippen LogP contribution in [0.25, 0.3) is 0 Å². The summed E-state index contributed by atoms with van der Waals surface area (Å²) in [5, 5.41) is 0. The van der Waals surface area contributed by atoms with E-state index in [-0.39, 0.29) is 6.09 Å². The number of benzene rings is 2. The Morgan fingerprint density at radius 1 is 1.18 bits per heavy atom. The molecule has 0 saturated carbocycles. The first kappa shape index (κ1) is 22.5. The Kier molecular flexibility index (Phi) is 5.98. The van der Waals surface area contributed by atoms with E-state index >= 15 is 0 Å². The molecular weight excluding hydrogens is 432 g/mol. The van der Waals surface area contributed by atoms with E-state index < -0.39 is 5.60 Å². The van der Waals surface area contributed by atoms with Gasteiger partial charge in [0.15, 0.2) is 0 Å². The third-order valence-electron chi connectivity index (χ3n) is 6.87. The van der Waals surface area contributed by atoms with Gasteiger partial charge in [-0.05, 0) is 68.2 Å². The highest BCUT2D eigenvalue weighted by atomic mass is 32.2. The quantitative estimate of drug-likeness (QED) is 0.581. The molecule has 3 aliphatic rings. The van der Waals surface area contributed by atoms with E-state index in [1.165, 1.54) is 33.7 Å². The summed E-state index contributed by atoms with van der Waals surface area (Å²) < 4.78 is 11.3. The van der Waals surface area contributed by atoms with Crippen LogP contribution in [0.15, 0.2) is 41.3 Å². The number of nitrogens with zero attached hydrogens (tertiary/aromatic N) is 2.